The van der Waals surface area contributed by atoms with Crippen molar-refractivity contribution < 1.29 is 26.4 Å². The molecule has 0 aliphatic rings. The molecule has 0 heterocycles. The normalized spacial score (nSPS) is 5.62. The molecule has 0 aromatic heterocycles. The Morgan fingerprint density at radius 3 is 0.619 bits per heavy atom. The van der Waals surface area contributed by atoms with Crippen LogP contribution in [0.3, 0.4) is 0 Å². The van der Waals surface area contributed by atoms with Crippen molar-refractivity contribution in [2.24, 2.45) is 0 Å². The topological polar surface area (TPSA) is 52.9 Å². The van der Waals surface area contributed by atoms with Crippen LogP contribution >= 0.6 is 17.0 Å². The summed E-state index contributed by atoms with van der Waals surface area (Å²) in [7, 11) is 0. The van der Waals surface area contributed by atoms with Crippen molar-refractivity contribution in [1.82, 2.24) is 0 Å². The minimum atomic E-state index is 0. The van der Waals surface area contributed by atoms with Gasteiger partial charge in [-0.25, -0.2) is 19.7 Å². The summed E-state index contributed by atoms with van der Waals surface area (Å²) < 4.78 is 15.0. The molecular weight excluding hydrogens is 377 g/mol. The van der Waals surface area contributed by atoms with Crippen LogP contribution in [0, 0.1) is 33.0 Å². The predicted octanol–water partition coefficient (Wildman–Crippen LogP) is 4.44. The van der Waals surface area contributed by atoms with Gasteiger partial charge in [0.25, 0.3) is 0 Å². The smallest absolute Gasteiger partial charge is 0 e. The molecule has 0 fully saturated rings. The Kier molecular flexibility index (Phi) is 104. The van der Waals surface area contributed by atoms with Gasteiger partial charge in [0.15, 0.2) is 0 Å². The van der Waals surface area contributed by atoms with Gasteiger partial charge in [0, 0.05) is 58.6 Å². The molecule has 21 heavy (non-hydrogen) atoms. The van der Waals surface area contributed by atoms with Gasteiger partial charge in [-0.2, -0.15) is 0 Å². The van der Waals surface area contributed by atoms with E-state index in [2.05, 4.69) is 27.8 Å². The maximum Gasteiger partial charge on any atom is 0 e. The van der Waals surface area contributed by atoms with Crippen LogP contribution in [0.2, 0.25) is 0 Å². The number of rotatable bonds is 0. The predicted molar refractivity (Wildman–Crippen MR) is 83.4 cm³/mol. The average Bonchev–Trinajstić information content (AvgIpc) is 2.44. The van der Waals surface area contributed by atoms with Gasteiger partial charge in [-0.3, -0.25) is 0 Å². The molecule has 0 N–H and O–H groups in total. The molecule has 0 aliphatic heterocycles. The van der Waals surface area contributed by atoms with E-state index in [4.69, 9.17) is 29.0 Å². The second kappa shape index (κ2) is 50.9. The van der Waals surface area contributed by atoms with E-state index in [1.807, 2.05) is 41.5 Å². The molecule has 0 spiro atoms. The van der Waals surface area contributed by atoms with Crippen LogP contribution in [-0.2, 0) is 26.4 Å². The molecule has 0 aromatic rings. The number of hydrogen-bond acceptors (Lipinski definition) is 0. The van der Waals surface area contributed by atoms with Crippen LogP contribution in [0.15, 0.2) is 0 Å². The molecule has 0 rings (SSSR count). The first-order chi connectivity index (χ1) is 8.81. The summed E-state index contributed by atoms with van der Waals surface area (Å²) in [6.07, 6.45) is 0. The zero-order valence-corrected chi connectivity index (χ0v) is 16.1. The van der Waals surface area contributed by atoms with E-state index in [0.717, 1.165) is 0 Å². The first-order valence-corrected chi connectivity index (χ1v) is 5.32. The maximum atomic E-state index is 7.50. The molecule has 7 heteroatoms. The van der Waals surface area contributed by atoms with Gasteiger partial charge in [0.05, 0.1) is 0 Å². The standard InChI is InChI=1S/3C4H7N.2CO.BrH.Mn/c3*1-4(2)5-3;2*1-2;;/h3*4H,1-2H3;;;1H;. The van der Waals surface area contributed by atoms with E-state index in [1.165, 1.54) is 0 Å². The largest absolute Gasteiger partial charge is 0 e. The van der Waals surface area contributed by atoms with Crippen LogP contribution in [0.25, 0.3) is 14.5 Å². The third-order valence-electron chi connectivity index (χ3n) is 0.775. The van der Waals surface area contributed by atoms with E-state index >= 15 is 0 Å². The third kappa shape index (κ3) is 222. The van der Waals surface area contributed by atoms with Gasteiger partial charge >= 0.3 is 22.6 Å². The second-order valence-corrected chi connectivity index (χ2v) is 3.67. The van der Waals surface area contributed by atoms with Crippen molar-refractivity contribution >= 4 is 17.0 Å². The molecular formula is C14H22BrMnN3O2. The van der Waals surface area contributed by atoms with Crippen molar-refractivity contribution in [2.45, 2.75) is 59.7 Å². The summed E-state index contributed by atoms with van der Waals surface area (Å²) in [5, 5.41) is 0. The zero-order chi connectivity index (χ0) is 16.9. The summed E-state index contributed by atoms with van der Waals surface area (Å²) in [5.41, 5.74) is 0. The van der Waals surface area contributed by atoms with Crippen LogP contribution in [0.1, 0.15) is 41.5 Å². The minimum absolute atomic E-state index is 0. The SMILES string of the molecule is Br.[C-]#[N+]C(C)C.[C-]#[N+]C(C)C.[C-]#[N+]C(C)C.[C-]#[O+].[C-]#[O+].[Mn]. The molecule has 0 atom stereocenters. The maximum absolute atomic E-state index is 7.50. The van der Waals surface area contributed by atoms with E-state index in [1.54, 1.807) is 0 Å². The molecule has 119 valence electrons. The molecule has 0 amide bonds. The Hall–Kier alpha value is -1.05. The number of halogens is 1. The Labute approximate surface area is 150 Å². The fraction of sp³-hybridized carbons (Fsp3) is 0.643. The monoisotopic (exact) mass is 398 g/mol. The van der Waals surface area contributed by atoms with Crippen LogP contribution in [-0.4, -0.2) is 18.1 Å². The van der Waals surface area contributed by atoms with Crippen molar-refractivity contribution in [3.8, 4) is 0 Å². The van der Waals surface area contributed by atoms with Crippen molar-refractivity contribution in [2.75, 3.05) is 0 Å². The first-order valence-electron chi connectivity index (χ1n) is 5.32. The molecule has 5 nitrogen and oxygen atoms in total. The Bertz CT molecular complexity index is 272. The fourth-order valence-electron chi connectivity index (χ4n) is 0. The van der Waals surface area contributed by atoms with E-state index in [9.17, 15) is 0 Å². The van der Waals surface area contributed by atoms with Gasteiger partial charge < -0.3 is 14.5 Å². The Balaban J connectivity index is -0.0000000239. The molecule has 0 aromatic carbocycles. The third-order valence-corrected chi connectivity index (χ3v) is 0.775. The first kappa shape index (κ1) is 42.7. The summed E-state index contributed by atoms with van der Waals surface area (Å²) in [4.78, 5) is 9.42. The summed E-state index contributed by atoms with van der Waals surface area (Å²) in [5.74, 6) is 0. The van der Waals surface area contributed by atoms with Crippen molar-refractivity contribution in [3.63, 3.8) is 0 Å². The molecule has 0 saturated carbocycles. The zero-order valence-electron chi connectivity index (χ0n) is 13.2. The van der Waals surface area contributed by atoms with Gasteiger partial charge in [-0.15, -0.1) is 17.0 Å². The number of hydrogen-bond donors (Lipinski definition) is 0. The average molecular weight is 399 g/mol. The minimum Gasteiger partial charge on any atom is 0 e. The summed E-state index contributed by atoms with van der Waals surface area (Å²) in [6.45, 7) is 39.1. The molecule has 0 bridgehead atoms. The quantitative estimate of drug-likeness (QED) is 0.329. The summed E-state index contributed by atoms with van der Waals surface area (Å²) in [6, 6.07) is 0.528. The Morgan fingerprint density at radius 1 is 0.571 bits per heavy atom. The van der Waals surface area contributed by atoms with E-state index in [-0.39, 0.29) is 52.2 Å². The number of nitrogens with zero attached hydrogens (tertiary/aromatic N) is 3. The summed E-state index contributed by atoms with van der Waals surface area (Å²) >= 11 is 0. The van der Waals surface area contributed by atoms with Gasteiger partial charge in [0.2, 0.25) is 18.1 Å². The van der Waals surface area contributed by atoms with Crippen LogP contribution in [0.4, 0.5) is 0 Å². The van der Waals surface area contributed by atoms with E-state index < -0.39 is 0 Å². The molecule has 0 aliphatic carbocycles. The van der Waals surface area contributed by atoms with Gasteiger partial charge in [0.1, 0.15) is 0 Å². The fourth-order valence-corrected chi connectivity index (χ4v) is 0. The second-order valence-electron chi connectivity index (χ2n) is 3.67. The van der Waals surface area contributed by atoms with Crippen molar-refractivity contribution in [3.05, 3.63) is 47.6 Å². The van der Waals surface area contributed by atoms with Crippen LogP contribution in [0.5, 0.6) is 0 Å². The molecule has 1 radical (unpaired) electrons. The molecule has 0 unspecified atom stereocenters. The van der Waals surface area contributed by atoms with Crippen LogP contribution < -0.4 is 0 Å². The van der Waals surface area contributed by atoms with Crippen molar-refractivity contribution in [1.29, 1.82) is 0 Å². The van der Waals surface area contributed by atoms with Gasteiger partial charge in [-0.1, -0.05) is 0 Å². The molecule has 0 saturated heterocycles. The van der Waals surface area contributed by atoms with Gasteiger partial charge in [-0.05, 0) is 0 Å². The Morgan fingerprint density at radius 2 is 0.619 bits per heavy atom. The van der Waals surface area contributed by atoms with E-state index in [0.29, 0.717) is 0 Å².